The lowest BCUT2D eigenvalue weighted by atomic mass is 10.0. The summed E-state index contributed by atoms with van der Waals surface area (Å²) in [6, 6.07) is 5.29. The Kier molecular flexibility index (Phi) is 7.50. The minimum Gasteiger partial charge on any atom is -0.339 e. The van der Waals surface area contributed by atoms with Crippen molar-refractivity contribution in [1.82, 2.24) is 4.90 Å². The average Bonchev–Trinajstić information content (AvgIpc) is 2.43. The van der Waals surface area contributed by atoms with Crippen molar-refractivity contribution in [3.8, 4) is 0 Å². The number of amides is 1. The Morgan fingerprint density at radius 1 is 1.29 bits per heavy atom. The van der Waals surface area contributed by atoms with E-state index in [1.54, 1.807) is 17.0 Å². The van der Waals surface area contributed by atoms with Gasteiger partial charge in [-0.2, -0.15) is 0 Å². The first-order valence-corrected chi connectivity index (χ1v) is 8.03. The number of carbonyl (C=O) groups is 1. The Hall–Kier alpha value is -0.770. The second-order valence-electron chi connectivity index (χ2n) is 5.57. The number of benzene rings is 1. The molecule has 1 aromatic rings. The maximum Gasteiger partial charge on any atom is 0.222 e. The van der Waals surface area contributed by atoms with Crippen molar-refractivity contribution >= 4 is 29.1 Å². The third-order valence-electron chi connectivity index (χ3n) is 3.90. The average molecular weight is 331 g/mol. The van der Waals surface area contributed by atoms with Gasteiger partial charge in [0.15, 0.2) is 0 Å². The summed E-state index contributed by atoms with van der Waals surface area (Å²) in [5.41, 5.74) is 6.44. The van der Waals surface area contributed by atoms with E-state index in [4.69, 9.17) is 28.9 Å². The molecule has 0 heterocycles. The molecule has 118 valence electrons. The van der Waals surface area contributed by atoms with Gasteiger partial charge >= 0.3 is 0 Å². The van der Waals surface area contributed by atoms with Crippen LogP contribution >= 0.6 is 23.2 Å². The van der Waals surface area contributed by atoms with E-state index in [0.717, 1.165) is 18.4 Å². The van der Waals surface area contributed by atoms with Crippen LogP contribution in [0.4, 0.5) is 0 Å². The number of nitrogens with two attached hydrogens (primary N) is 1. The molecule has 0 aromatic heterocycles. The summed E-state index contributed by atoms with van der Waals surface area (Å²) in [6.07, 6.45) is 2.35. The fourth-order valence-electron chi connectivity index (χ4n) is 2.24. The molecule has 2 atom stereocenters. The van der Waals surface area contributed by atoms with Gasteiger partial charge in [0.1, 0.15) is 0 Å². The number of carbonyl (C=O) groups excluding carboxylic acids is 1. The number of nitrogens with zero attached hydrogens (tertiary/aromatic N) is 1. The van der Waals surface area contributed by atoms with E-state index < -0.39 is 0 Å². The summed E-state index contributed by atoms with van der Waals surface area (Å²) in [4.78, 5) is 14.0. The molecule has 2 N–H and O–H groups in total. The zero-order valence-electron chi connectivity index (χ0n) is 12.9. The summed E-state index contributed by atoms with van der Waals surface area (Å²) in [6.45, 7) is 4.76. The van der Waals surface area contributed by atoms with Crippen LogP contribution in [0.15, 0.2) is 18.2 Å². The van der Waals surface area contributed by atoms with E-state index in [-0.39, 0.29) is 11.9 Å². The van der Waals surface area contributed by atoms with Gasteiger partial charge < -0.3 is 10.6 Å². The van der Waals surface area contributed by atoms with E-state index in [1.165, 1.54) is 0 Å². The molecule has 1 amide bonds. The van der Waals surface area contributed by atoms with E-state index in [9.17, 15) is 4.79 Å². The van der Waals surface area contributed by atoms with Crippen molar-refractivity contribution in [1.29, 1.82) is 0 Å². The van der Waals surface area contributed by atoms with Gasteiger partial charge in [0, 0.05) is 23.5 Å². The molecule has 0 aliphatic rings. The van der Waals surface area contributed by atoms with Gasteiger partial charge in [0.05, 0.1) is 6.04 Å². The summed E-state index contributed by atoms with van der Waals surface area (Å²) in [5, 5.41) is 1.19. The minimum atomic E-state index is -0.0768. The first-order valence-electron chi connectivity index (χ1n) is 7.27. The van der Waals surface area contributed by atoms with Crippen LogP contribution in [0.1, 0.15) is 44.7 Å². The number of hydrogen-bond donors (Lipinski definition) is 1. The van der Waals surface area contributed by atoms with Crippen LogP contribution in [0.5, 0.6) is 0 Å². The molecule has 0 fully saturated rings. The molecular weight excluding hydrogens is 307 g/mol. The largest absolute Gasteiger partial charge is 0.339 e. The SMILES string of the molecule is CC(CCN)CCC(=O)N(C)C(C)c1ccc(Cl)cc1Cl. The van der Waals surface area contributed by atoms with E-state index in [2.05, 4.69) is 6.92 Å². The molecule has 0 aliphatic carbocycles. The third kappa shape index (κ3) is 5.50. The Labute approximate surface area is 137 Å². The summed E-state index contributed by atoms with van der Waals surface area (Å²) in [5.74, 6) is 0.596. The second-order valence-corrected chi connectivity index (χ2v) is 6.41. The third-order valence-corrected chi connectivity index (χ3v) is 4.46. The Morgan fingerprint density at radius 2 is 1.95 bits per heavy atom. The van der Waals surface area contributed by atoms with Gasteiger partial charge in [-0.1, -0.05) is 36.2 Å². The van der Waals surface area contributed by atoms with Gasteiger partial charge in [-0.05, 0) is 49.9 Å². The van der Waals surface area contributed by atoms with Gasteiger partial charge in [0.2, 0.25) is 5.91 Å². The molecule has 0 saturated heterocycles. The van der Waals surface area contributed by atoms with Crippen LogP contribution in [0.3, 0.4) is 0 Å². The zero-order chi connectivity index (χ0) is 16.0. The van der Waals surface area contributed by atoms with E-state index in [1.807, 2.05) is 20.0 Å². The summed E-state index contributed by atoms with van der Waals surface area (Å²) >= 11 is 12.1. The van der Waals surface area contributed by atoms with Crippen molar-refractivity contribution < 1.29 is 4.79 Å². The van der Waals surface area contributed by atoms with E-state index in [0.29, 0.717) is 28.9 Å². The molecule has 2 unspecified atom stereocenters. The van der Waals surface area contributed by atoms with Gasteiger partial charge in [-0.15, -0.1) is 0 Å². The van der Waals surface area contributed by atoms with Crippen LogP contribution in [0, 0.1) is 5.92 Å². The quantitative estimate of drug-likeness (QED) is 0.811. The van der Waals surface area contributed by atoms with Crippen molar-refractivity contribution in [3.63, 3.8) is 0 Å². The minimum absolute atomic E-state index is 0.0768. The molecule has 5 heteroatoms. The molecule has 3 nitrogen and oxygen atoms in total. The fraction of sp³-hybridized carbons (Fsp3) is 0.562. The molecule has 0 radical (unpaired) electrons. The van der Waals surface area contributed by atoms with E-state index >= 15 is 0 Å². The highest BCUT2D eigenvalue weighted by molar-refractivity contribution is 6.35. The number of halogens is 2. The lowest BCUT2D eigenvalue weighted by molar-refractivity contribution is -0.132. The van der Waals surface area contributed by atoms with Crippen LogP contribution < -0.4 is 5.73 Å². The number of hydrogen-bond acceptors (Lipinski definition) is 2. The zero-order valence-corrected chi connectivity index (χ0v) is 14.4. The first kappa shape index (κ1) is 18.3. The number of rotatable bonds is 7. The Bertz CT molecular complexity index is 479. The topological polar surface area (TPSA) is 46.3 Å². The molecule has 21 heavy (non-hydrogen) atoms. The van der Waals surface area contributed by atoms with Crippen LogP contribution in [-0.4, -0.2) is 24.4 Å². The van der Waals surface area contributed by atoms with Crippen molar-refractivity contribution in [3.05, 3.63) is 33.8 Å². The normalized spacial score (nSPS) is 13.8. The summed E-state index contributed by atoms with van der Waals surface area (Å²) in [7, 11) is 1.81. The molecule has 0 saturated carbocycles. The molecule has 0 spiro atoms. The monoisotopic (exact) mass is 330 g/mol. The highest BCUT2D eigenvalue weighted by Gasteiger charge is 2.20. The predicted octanol–water partition coefficient (Wildman–Crippen LogP) is 4.28. The van der Waals surface area contributed by atoms with Crippen LogP contribution in [-0.2, 0) is 4.79 Å². The fourth-order valence-corrected chi connectivity index (χ4v) is 2.81. The maximum atomic E-state index is 12.3. The maximum absolute atomic E-state index is 12.3. The smallest absolute Gasteiger partial charge is 0.222 e. The first-order chi connectivity index (χ1) is 9.86. The van der Waals surface area contributed by atoms with Crippen molar-refractivity contribution in [2.24, 2.45) is 11.7 Å². The van der Waals surface area contributed by atoms with Gasteiger partial charge in [0.25, 0.3) is 0 Å². The Morgan fingerprint density at radius 3 is 2.52 bits per heavy atom. The molecule has 0 bridgehead atoms. The molecular formula is C16H24Cl2N2O. The van der Waals surface area contributed by atoms with Crippen LogP contribution in [0.25, 0.3) is 0 Å². The lowest BCUT2D eigenvalue weighted by Crippen LogP contribution is -2.30. The summed E-state index contributed by atoms with van der Waals surface area (Å²) < 4.78 is 0. The standard InChI is InChI=1S/C16H24Cl2N2O/c1-11(8-9-19)4-7-16(21)20(3)12(2)14-6-5-13(17)10-15(14)18/h5-6,10-12H,4,7-9,19H2,1-3H3. The lowest BCUT2D eigenvalue weighted by Gasteiger charge is -2.26. The highest BCUT2D eigenvalue weighted by Crippen LogP contribution is 2.29. The molecule has 0 aliphatic heterocycles. The molecule has 1 rings (SSSR count). The second kappa shape index (κ2) is 8.62. The van der Waals surface area contributed by atoms with Gasteiger partial charge in [-0.25, -0.2) is 0 Å². The van der Waals surface area contributed by atoms with Crippen molar-refractivity contribution in [2.45, 2.75) is 39.2 Å². The Balaban J connectivity index is 2.64. The predicted molar refractivity (Wildman–Crippen MR) is 89.7 cm³/mol. The van der Waals surface area contributed by atoms with Gasteiger partial charge in [-0.3, -0.25) is 4.79 Å². The van der Waals surface area contributed by atoms with Crippen molar-refractivity contribution in [2.75, 3.05) is 13.6 Å². The highest BCUT2D eigenvalue weighted by atomic mass is 35.5. The van der Waals surface area contributed by atoms with Crippen LogP contribution in [0.2, 0.25) is 10.0 Å². The molecule has 1 aromatic carbocycles.